The van der Waals surface area contributed by atoms with Gasteiger partial charge in [-0.2, -0.15) is 0 Å². The highest BCUT2D eigenvalue weighted by atomic mass is 16.5. The third-order valence-corrected chi connectivity index (χ3v) is 6.01. The van der Waals surface area contributed by atoms with Crippen molar-refractivity contribution in [3.63, 3.8) is 0 Å². The van der Waals surface area contributed by atoms with Crippen LogP contribution in [-0.2, 0) is 11.3 Å². The lowest BCUT2D eigenvalue weighted by atomic mass is 9.85. The van der Waals surface area contributed by atoms with E-state index in [1.54, 1.807) is 0 Å². The summed E-state index contributed by atoms with van der Waals surface area (Å²) in [5.74, 6) is 2.03. The fourth-order valence-corrected chi connectivity index (χ4v) is 4.38. The minimum atomic E-state index is 0.0941. The van der Waals surface area contributed by atoms with Crippen LogP contribution in [0.2, 0.25) is 0 Å². The Hall–Kier alpha value is -1.36. The summed E-state index contributed by atoms with van der Waals surface area (Å²) < 4.78 is 5.26. The Balaban J connectivity index is 1.51. The molecule has 1 aliphatic carbocycles. The predicted molar refractivity (Wildman–Crippen MR) is 86.9 cm³/mol. The van der Waals surface area contributed by atoms with Gasteiger partial charge in [-0.05, 0) is 52.0 Å². The van der Waals surface area contributed by atoms with Gasteiger partial charge in [-0.15, -0.1) is 0 Å². The molecule has 3 aliphatic rings. The first-order valence-corrected chi connectivity index (χ1v) is 9.02. The maximum absolute atomic E-state index is 12.7. The van der Waals surface area contributed by atoms with Gasteiger partial charge in [0, 0.05) is 30.6 Å². The lowest BCUT2D eigenvalue weighted by Gasteiger charge is -2.44. The van der Waals surface area contributed by atoms with Crippen molar-refractivity contribution in [2.24, 2.45) is 5.92 Å². The number of likely N-dealkylation sites (tertiary alicyclic amines) is 2. The van der Waals surface area contributed by atoms with Gasteiger partial charge in [0.25, 0.3) is 0 Å². The van der Waals surface area contributed by atoms with Gasteiger partial charge in [0.05, 0.1) is 12.2 Å². The second kappa shape index (κ2) is 5.62. The van der Waals surface area contributed by atoms with E-state index in [0.29, 0.717) is 18.9 Å². The van der Waals surface area contributed by atoms with Crippen LogP contribution in [0.5, 0.6) is 0 Å². The summed E-state index contributed by atoms with van der Waals surface area (Å²) in [6.07, 6.45) is 7.17. The number of amides is 1. The molecular formula is C18H27N3O2. The summed E-state index contributed by atoms with van der Waals surface area (Å²) in [5, 5.41) is 4.03. The van der Waals surface area contributed by atoms with Crippen molar-refractivity contribution in [1.82, 2.24) is 15.0 Å². The number of hydrogen-bond donors (Lipinski definition) is 0. The van der Waals surface area contributed by atoms with Crippen molar-refractivity contribution in [1.29, 1.82) is 0 Å². The Morgan fingerprint density at radius 1 is 1.30 bits per heavy atom. The minimum Gasteiger partial charge on any atom is -0.361 e. The van der Waals surface area contributed by atoms with E-state index < -0.39 is 0 Å². The predicted octanol–water partition coefficient (Wildman–Crippen LogP) is 2.66. The molecule has 1 spiro atoms. The normalized spacial score (nSPS) is 29.0. The molecule has 2 saturated heterocycles. The topological polar surface area (TPSA) is 49.6 Å². The lowest BCUT2D eigenvalue weighted by Crippen LogP contribution is -2.54. The largest absolute Gasteiger partial charge is 0.361 e. The molecule has 1 amide bonds. The maximum atomic E-state index is 12.7. The summed E-state index contributed by atoms with van der Waals surface area (Å²) in [5.41, 5.74) is 2.09. The van der Waals surface area contributed by atoms with E-state index in [1.807, 2.05) is 18.7 Å². The molecule has 3 fully saturated rings. The van der Waals surface area contributed by atoms with Crippen LogP contribution in [0.3, 0.4) is 0 Å². The molecule has 0 bridgehead atoms. The van der Waals surface area contributed by atoms with Crippen LogP contribution >= 0.6 is 0 Å². The van der Waals surface area contributed by atoms with Gasteiger partial charge in [0.15, 0.2) is 0 Å². The molecule has 5 nitrogen and oxygen atoms in total. The Kier molecular flexibility index (Phi) is 3.71. The number of aromatic nitrogens is 1. The van der Waals surface area contributed by atoms with E-state index in [4.69, 9.17) is 4.52 Å². The highest BCUT2D eigenvalue weighted by Crippen LogP contribution is 2.41. The van der Waals surface area contributed by atoms with Crippen molar-refractivity contribution < 1.29 is 9.32 Å². The van der Waals surface area contributed by atoms with Gasteiger partial charge in [0.1, 0.15) is 5.76 Å². The summed E-state index contributed by atoms with van der Waals surface area (Å²) in [4.78, 5) is 17.4. The molecule has 126 valence electrons. The molecule has 1 saturated carbocycles. The maximum Gasteiger partial charge on any atom is 0.224 e. The molecule has 5 heteroatoms. The van der Waals surface area contributed by atoms with Crippen LogP contribution in [0, 0.1) is 19.8 Å². The van der Waals surface area contributed by atoms with Crippen molar-refractivity contribution in [3.05, 3.63) is 17.0 Å². The van der Waals surface area contributed by atoms with Crippen molar-refractivity contribution in [2.75, 3.05) is 19.6 Å². The van der Waals surface area contributed by atoms with E-state index in [1.165, 1.54) is 45.2 Å². The van der Waals surface area contributed by atoms with Crippen LogP contribution in [0.1, 0.15) is 55.5 Å². The Morgan fingerprint density at radius 3 is 2.83 bits per heavy atom. The molecule has 1 aromatic rings. The number of hydrogen-bond acceptors (Lipinski definition) is 4. The third-order valence-electron chi connectivity index (χ3n) is 6.01. The van der Waals surface area contributed by atoms with Gasteiger partial charge in [0.2, 0.25) is 5.91 Å². The molecule has 0 aromatic carbocycles. The number of nitrogens with zero attached hydrogens (tertiary/aromatic N) is 3. The first kappa shape index (κ1) is 15.2. The molecule has 1 atom stereocenters. The second-order valence-electron chi connectivity index (χ2n) is 7.80. The van der Waals surface area contributed by atoms with Gasteiger partial charge in [-0.1, -0.05) is 11.6 Å². The van der Waals surface area contributed by atoms with Gasteiger partial charge in [-0.25, -0.2) is 0 Å². The van der Waals surface area contributed by atoms with E-state index >= 15 is 0 Å². The first-order valence-electron chi connectivity index (χ1n) is 9.02. The van der Waals surface area contributed by atoms with Crippen LogP contribution in [-0.4, -0.2) is 46.0 Å². The smallest absolute Gasteiger partial charge is 0.224 e. The molecule has 4 rings (SSSR count). The average molecular weight is 317 g/mol. The van der Waals surface area contributed by atoms with Crippen molar-refractivity contribution in [3.8, 4) is 0 Å². The van der Waals surface area contributed by atoms with Gasteiger partial charge < -0.3 is 9.42 Å². The molecule has 0 radical (unpaired) electrons. The Labute approximate surface area is 138 Å². The third kappa shape index (κ3) is 2.80. The summed E-state index contributed by atoms with van der Waals surface area (Å²) in [6, 6.07) is 0. The van der Waals surface area contributed by atoms with Gasteiger partial charge in [-0.3, -0.25) is 9.69 Å². The molecular weight excluding hydrogens is 290 g/mol. The Morgan fingerprint density at radius 2 is 2.13 bits per heavy atom. The average Bonchev–Trinajstić information content (AvgIpc) is 3.22. The summed E-state index contributed by atoms with van der Waals surface area (Å²) >= 11 is 0. The zero-order valence-electron chi connectivity index (χ0n) is 14.3. The molecule has 23 heavy (non-hydrogen) atoms. The van der Waals surface area contributed by atoms with Crippen LogP contribution in [0.15, 0.2) is 4.52 Å². The molecule has 0 N–H and O–H groups in total. The zero-order chi connectivity index (χ0) is 16.0. The van der Waals surface area contributed by atoms with E-state index in [0.717, 1.165) is 29.5 Å². The molecule has 1 aromatic heterocycles. The van der Waals surface area contributed by atoms with Crippen LogP contribution in [0.25, 0.3) is 0 Å². The lowest BCUT2D eigenvalue weighted by molar-refractivity contribution is -0.128. The SMILES string of the molecule is Cc1noc(C)c1CN1CC2(CCCCN2CC2CC2)CC1=O. The highest BCUT2D eigenvalue weighted by molar-refractivity contribution is 5.80. The minimum absolute atomic E-state index is 0.0941. The summed E-state index contributed by atoms with van der Waals surface area (Å²) in [7, 11) is 0. The first-order chi connectivity index (χ1) is 11.1. The van der Waals surface area contributed by atoms with E-state index in [9.17, 15) is 4.79 Å². The van der Waals surface area contributed by atoms with E-state index in [-0.39, 0.29) is 5.54 Å². The number of aryl methyl sites for hydroxylation is 2. The number of piperidine rings is 1. The van der Waals surface area contributed by atoms with Crippen LogP contribution < -0.4 is 0 Å². The molecule has 1 unspecified atom stereocenters. The monoisotopic (exact) mass is 317 g/mol. The van der Waals surface area contributed by atoms with E-state index in [2.05, 4.69) is 10.1 Å². The number of rotatable bonds is 4. The van der Waals surface area contributed by atoms with Crippen LogP contribution in [0.4, 0.5) is 0 Å². The fraction of sp³-hybridized carbons (Fsp3) is 0.778. The number of carbonyl (C=O) groups is 1. The molecule has 2 aliphatic heterocycles. The quantitative estimate of drug-likeness (QED) is 0.856. The fourth-order valence-electron chi connectivity index (χ4n) is 4.38. The number of carbonyl (C=O) groups excluding carboxylic acids is 1. The highest BCUT2D eigenvalue weighted by Gasteiger charge is 2.49. The zero-order valence-corrected chi connectivity index (χ0v) is 14.3. The second-order valence-corrected chi connectivity index (χ2v) is 7.80. The summed E-state index contributed by atoms with van der Waals surface area (Å²) in [6.45, 7) is 7.80. The van der Waals surface area contributed by atoms with Crippen molar-refractivity contribution in [2.45, 2.75) is 64.5 Å². The van der Waals surface area contributed by atoms with Gasteiger partial charge >= 0.3 is 0 Å². The molecule has 3 heterocycles. The van der Waals surface area contributed by atoms with Crippen molar-refractivity contribution >= 4 is 5.91 Å². The Bertz CT molecular complexity index is 588. The standard InChI is InChI=1S/C18H27N3O2/c1-13-16(14(2)23-19-13)11-20-12-18(9-17(20)22)7-3-4-8-21(18)10-15-5-6-15/h15H,3-12H2,1-2H3.